The Kier molecular flexibility index (Phi) is 4.41. The van der Waals surface area contributed by atoms with E-state index < -0.39 is 10.0 Å². The fourth-order valence-corrected chi connectivity index (χ4v) is 4.10. The number of sulfonamides is 1. The average molecular weight is 342 g/mol. The molecule has 120 valence electrons. The van der Waals surface area contributed by atoms with Gasteiger partial charge in [0, 0.05) is 19.1 Å². The van der Waals surface area contributed by atoms with Crippen molar-refractivity contribution in [2.45, 2.75) is 25.4 Å². The predicted octanol–water partition coefficient (Wildman–Crippen LogP) is 0.301. The number of hydrogen-bond acceptors (Lipinski definition) is 7. The van der Waals surface area contributed by atoms with Crippen LogP contribution in [0.1, 0.15) is 18.4 Å². The van der Waals surface area contributed by atoms with Gasteiger partial charge in [0.15, 0.2) is 0 Å². The molecule has 3 heterocycles. The Hall–Kier alpha value is -1.52. The van der Waals surface area contributed by atoms with Gasteiger partial charge in [0.05, 0.1) is 12.8 Å². The lowest BCUT2D eigenvalue weighted by molar-refractivity contribution is 0.457. The van der Waals surface area contributed by atoms with Crippen molar-refractivity contribution in [3.8, 4) is 0 Å². The summed E-state index contributed by atoms with van der Waals surface area (Å²) in [6, 6.07) is 1.94. The third-order valence-corrected chi connectivity index (χ3v) is 5.00. The van der Waals surface area contributed by atoms with E-state index in [1.807, 2.05) is 16.3 Å². The van der Waals surface area contributed by atoms with E-state index in [4.69, 9.17) is 0 Å². The van der Waals surface area contributed by atoms with Gasteiger partial charge in [0.25, 0.3) is 0 Å². The average Bonchev–Trinajstić information content (AvgIpc) is 3.09. The molecule has 22 heavy (non-hydrogen) atoms. The lowest BCUT2D eigenvalue weighted by Gasteiger charge is -2.32. The highest BCUT2D eigenvalue weighted by Gasteiger charge is 2.25. The van der Waals surface area contributed by atoms with Crippen molar-refractivity contribution in [3.05, 3.63) is 22.4 Å². The molecule has 0 saturated carbocycles. The number of hydrogen-bond donors (Lipinski definition) is 1. The quantitative estimate of drug-likeness (QED) is 0.840. The molecule has 1 fully saturated rings. The highest BCUT2D eigenvalue weighted by atomic mass is 32.2. The van der Waals surface area contributed by atoms with Crippen LogP contribution in [-0.2, 0) is 16.6 Å². The molecule has 1 atom stereocenters. The van der Waals surface area contributed by atoms with Crippen molar-refractivity contribution in [2.24, 2.45) is 0 Å². The van der Waals surface area contributed by atoms with Crippen molar-refractivity contribution in [3.63, 3.8) is 0 Å². The molecule has 2 aromatic heterocycles. The zero-order valence-electron chi connectivity index (χ0n) is 12.2. The second kappa shape index (κ2) is 6.31. The van der Waals surface area contributed by atoms with Crippen LogP contribution in [0.5, 0.6) is 0 Å². The van der Waals surface area contributed by atoms with Crippen LogP contribution >= 0.6 is 11.3 Å². The van der Waals surface area contributed by atoms with E-state index in [-0.39, 0.29) is 6.04 Å². The van der Waals surface area contributed by atoms with Crippen molar-refractivity contribution < 1.29 is 8.42 Å². The lowest BCUT2D eigenvalue weighted by Crippen LogP contribution is -2.48. The first-order chi connectivity index (χ1) is 10.5. The van der Waals surface area contributed by atoms with E-state index in [0.29, 0.717) is 19.0 Å². The smallest absolute Gasteiger partial charge is 0.245 e. The van der Waals surface area contributed by atoms with Gasteiger partial charge in [-0.25, -0.2) is 17.8 Å². The van der Waals surface area contributed by atoms with Crippen molar-refractivity contribution in [2.75, 3.05) is 24.2 Å². The second-order valence-corrected chi connectivity index (χ2v) is 8.00. The molecule has 10 heteroatoms. The molecule has 0 spiro atoms. The zero-order chi connectivity index (χ0) is 15.6. The van der Waals surface area contributed by atoms with Crippen molar-refractivity contribution >= 4 is 27.3 Å². The monoisotopic (exact) mass is 342 g/mol. The molecule has 8 nitrogen and oxygen atoms in total. The molecule has 1 unspecified atom stereocenters. The molecule has 1 N–H and O–H groups in total. The van der Waals surface area contributed by atoms with Gasteiger partial charge in [-0.1, -0.05) is 5.10 Å². The Morgan fingerprint density at radius 1 is 1.50 bits per heavy atom. The minimum Gasteiger partial charge on any atom is -0.338 e. The Morgan fingerprint density at radius 2 is 2.36 bits per heavy atom. The molecule has 0 aromatic carbocycles. The molecular formula is C12H18N6O2S2. The van der Waals surface area contributed by atoms with Crippen LogP contribution in [-0.4, -0.2) is 54.0 Å². The van der Waals surface area contributed by atoms with Gasteiger partial charge in [-0.15, -0.1) is 0 Å². The molecule has 0 bridgehead atoms. The Labute approximate surface area is 133 Å². The van der Waals surface area contributed by atoms with Crippen molar-refractivity contribution in [1.82, 2.24) is 24.9 Å². The first-order valence-electron chi connectivity index (χ1n) is 7.01. The maximum absolute atomic E-state index is 11.4. The molecular weight excluding hydrogens is 324 g/mol. The summed E-state index contributed by atoms with van der Waals surface area (Å²) in [6.07, 6.45) is 2.92. The highest BCUT2D eigenvalue weighted by Crippen LogP contribution is 2.18. The Balaban J connectivity index is 1.72. The van der Waals surface area contributed by atoms with Crippen LogP contribution < -0.4 is 9.62 Å². The van der Waals surface area contributed by atoms with E-state index in [2.05, 4.69) is 25.6 Å². The van der Waals surface area contributed by atoms with Crippen LogP contribution in [0.25, 0.3) is 0 Å². The minimum absolute atomic E-state index is 0.102. The van der Waals surface area contributed by atoms with E-state index >= 15 is 0 Å². The van der Waals surface area contributed by atoms with Crippen LogP contribution in [0.2, 0.25) is 0 Å². The minimum atomic E-state index is -3.20. The summed E-state index contributed by atoms with van der Waals surface area (Å²) < 4.78 is 27.2. The normalized spacial score (nSPS) is 19.5. The highest BCUT2D eigenvalue weighted by molar-refractivity contribution is 7.88. The summed E-state index contributed by atoms with van der Waals surface area (Å²) in [5, 5.41) is 16.0. The van der Waals surface area contributed by atoms with Crippen LogP contribution in [0.3, 0.4) is 0 Å². The van der Waals surface area contributed by atoms with Gasteiger partial charge in [0.1, 0.15) is 0 Å². The first-order valence-corrected chi connectivity index (χ1v) is 9.84. The predicted molar refractivity (Wildman–Crippen MR) is 84.5 cm³/mol. The molecule has 3 rings (SSSR count). The summed E-state index contributed by atoms with van der Waals surface area (Å²) in [4.78, 5) is 2.04. The van der Waals surface area contributed by atoms with Gasteiger partial charge in [-0.2, -0.15) is 11.3 Å². The van der Waals surface area contributed by atoms with Crippen LogP contribution in [0.15, 0.2) is 16.8 Å². The third-order valence-electron chi connectivity index (χ3n) is 3.51. The van der Waals surface area contributed by atoms with E-state index in [9.17, 15) is 8.42 Å². The summed E-state index contributed by atoms with van der Waals surface area (Å²) in [7, 11) is -3.20. The summed E-state index contributed by atoms with van der Waals surface area (Å²) in [6.45, 7) is 2.02. The van der Waals surface area contributed by atoms with E-state index in [1.165, 1.54) is 6.26 Å². The van der Waals surface area contributed by atoms with Crippen LogP contribution in [0.4, 0.5) is 5.95 Å². The summed E-state index contributed by atoms with van der Waals surface area (Å²) in [5.41, 5.74) is 1.15. The fraction of sp³-hybridized carbons (Fsp3) is 0.583. The van der Waals surface area contributed by atoms with Crippen molar-refractivity contribution in [1.29, 1.82) is 0 Å². The molecule has 2 aromatic rings. The van der Waals surface area contributed by atoms with E-state index in [1.54, 1.807) is 16.0 Å². The maximum Gasteiger partial charge on any atom is 0.245 e. The number of piperidine rings is 1. The molecule has 1 aliphatic rings. The Bertz CT molecular complexity index is 712. The summed E-state index contributed by atoms with van der Waals surface area (Å²) >= 11 is 1.64. The molecule has 1 saturated heterocycles. The number of aromatic nitrogens is 4. The number of anilines is 1. The van der Waals surface area contributed by atoms with Gasteiger partial charge in [-0.3, -0.25) is 0 Å². The molecule has 1 aliphatic heterocycles. The SMILES string of the molecule is CS(=O)(=O)NC1CCCN(c2nnnn2Cc2ccsc2)C1. The zero-order valence-corrected chi connectivity index (χ0v) is 13.8. The first kappa shape index (κ1) is 15.4. The molecule has 0 amide bonds. The topological polar surface area (TPSA) is 93.0 Å². The lowest BCUT2D eigenvalue weighted by atomic mass is 10.1. The van der Waals surface area contributed by atoms with Gasteiger partial charge in [-0.05, 0) is 45.7 Å². The molecule has 0 radical (unpaired) electrons. The number of tetrazole rings is 1. The fourth-order valence-electron chi connectivity index (χ4n) is 2.64. The largest absolute Gasteiger partial charge is 0.338 e. The van der Waals surface area contributed by atoms with Gasteiger partial charge >= 0.3 is 0 Å². The number of nitrogens with one attached hydrogen (secondary N) is 1. The second-order valence-electron chi connectivity index (χ2n) is 5.44. The number of rotatable bonds is 5. The van der Waals surface area contributed by atoms with E-state index in [0.717, 1.165) is 24.9 Å². The van der Waals surface area contributed by atoms with Gasteiger partial charge in [0.2, 0.25) is 16.0 Å². The number of nitrogens with zero attached hydrogens (tertiary/aromatic N) is 5. The third kappa shape index (κ3) is 3.81. The summed E-state index contributed by atoms with van der Waals surface area (Å²) in [5.74, 6) is 0.686. The Morgan fingerprint density at radius 3 is 3.09 bits per heavy atom. The number of thiophene rings is 1. The molecule has 0 aliphatic carbocycles. The maximum atomic E-state index is 11.4. The standard InChI is InChI=1S/C12H18N6O2S2/c1-22(19,20)14-11-3-2-5-17(8-11)12-13-15-16-18(12)7-10-4-6-21-9-10/h4,6,9,11,14H,2-3,5,7-8H2,1H3. The van der Waals surface area contributed by atoms with Gasteiger partial charge < -0.3 is 4.90 Å². The van der Waals surface area contributed by atoms with Crippen LogP contribution in [0, 0.1) is 0 Å².